The molecule has 0 radical (unpaired) electrons. The Morgan fingerprint density at radius 1 is 1.15 bits per heavy atom. The zero-order valence-electron chi connectivity index (χ0n) is 22.9. The van der Waals surface area contributed by atoms with Gasteiger partial charge in [0, 0.05) is 18.7 Å². The average Bonchev–Trinajstić information content (AvgIpc) is 3.55. The lowest BCUT2D eigenvalue weighted by Gasteiger charge is -2.20. The molecule has 41 heavy (non-hydrogen) atoms. The molecule has 3 aromatic rings. The van der Waals surface area contributed by atoms with Gasteiger partial charge in [-0.15, -0.1) is 0 Å². The zero-order valence-corrected chi connectivity index (χ0v) is 24.5. The van der Waals surface area contributed by atoms with Crippen molar-refractivity contribution >= 4 is 46.1 Å². The van der Waals surface area contributed by atoms with E-state index in [1.54, 1.807) is 24.7 Å². The fraction of sp³-hybridized carbons (Fsp3) is 0.267. The number of methoxy groups -OCH3 is 1. The van der Waals surface area contributed by atoms with Crippen LogP contribution in [0.1, 0.15) is 41.2 Å². The molecule has 11 heteroatoms. The van der Waals surface area contributed by atoms with E-state index in [1.807, 2.05) is 49.4 Å². The smallest absolute Gasteiger partial charge is 0.270 e. The predicted octanol–water partition coefficient (Wildman–Crippen LogP) is 5.19. The Morgan fingerprint density at radius 2 is 1.88 bits per heavy atom. The molecule has 0 spiro atoms. The van der Waals surface area contributed by atoms with Crippen LogP contribution in [0.2, 0.25) is 0 Å². The molecule has 1 saturated heterocycles. The van der Waals surface area contributed by atoms with Crippen LogP contribution in [-0.4, -0.2) is 33.6 Å². The third-order valence-electron chi connectivity index (χ3n) is 6.87. The summed E-state index contributed by atoms with van der Waals surface area (Å²) in [6.45, 7) is 4.97. The highest BCUT2D eigenvalue weighted by atomic mass is 32.2. The maximum absolute atomic E-state index is 13.6. The number of rotatable bonds is 9. The van der Waals surface area contributed by atoms with Gasteiger partial charge in [-0.1, -0.05) is 49.1 Å². The summed E-state index contributed by atoms with van der Waals surface area (Å²) >= 11 is 6.78. The van der Waals surface area contributed by atoms with E-state index >= 15 is 0 Å². The number of hydrogen-bond donors (Lipinski definition) is 1. The number of carbonyl (C=O) groups excluding carboxylic acids is 1. The number of thiocarbonyl (C=S) groups is 1. The lowest BCUT2D eigenvalue weighted by molar-refractivity contribution is -0.122. The Bertz CT molecular complexity index is 1660. The number of carbonyl (C=O) groups is 1. The molecule has 1 N–H and O–H groups in total. The van der Waals surface area contributed by atoms with Gasteiger partial charge in [-0.2, -0.15) is 5.26 Å². The molecule has 0 aliphatic carbocycles. The number of ether oxygens (including phenoxy) is 3. The average molecular weight is 589 g/mol. The van der Waals surface area contributed by atoms with Crippen molar-refractivity contribution in [2.24, 2.45) is 0 Å². The number of aromatic nitrogens is 1. The Labute approximate surface area is 247 Å². The van der Waals surface area contributed by atoms with E-state index < -0.39 is 0 Å². The maximum atomic E-state index is 13.6. The van der Waals surface area contributed by atoms with Gasteiger partial charge in [0.1, 0.15) is 27.5 Å². The highest BCUT2D eigenvalue weighted by molar-refractivity contribution is 8.26. The minimum absolute atomic E-state index is 0.0514. The van der Waals surface area contributed by atoms with Crippen molar-refractivity contribution < 1.29 is 19.0 Å². The standard InChI is InChI=1S/C30H28N4O5S2/c1-4-11-33-27(32-15-19-5-8-21(37-3)9-6-19)22(18(2)23(14-31)28(33)35)13-26-29(36)34(30(40)41-26)16-20-7-10-24-25(12-20)39-17-38-24/h5-10,12-13,32H,4,11,15-17H2,1-3H3/b26-13+. The first kappa shape index (κ1) is 28.3. The first-order valence-corrected chi connectivity index (χ1v) is 14.2. The fourth-order valence-corrected chi connectivity index (χ4v) is 5.95. The summed E-state index contributed by atoms with van der Waals surface area (Å²) in [6.07, 6.45) is 2.42. The number of nitrogens with one attached hydrogen (secondary N) is 1. The van der Waals surface area contributed by atoms with Gasteiger partial charge in [0.15, 0.2) is 11.5 Å². The van der Waals surface area contributed by atoms with Gasteiger partial charge in [-0.25, -0.2) is 0 Å². The number of nitrogens with zero attached hydrogens (tertiary/aromatic N) is 3. The van der Waals surface area contributed by atoms with E-state index in [0.29, 0.717) is 57.2 Å². The minimum atomic E-state index is -0.364. The van der Waals surface area contributed by atoms with Gasteiger partial charge in [-0.05, 0) is 60.4 Å². The van der Waals surface area contributed by atoms with E-state index in [9.17, 15) is 14.9 Å². The largest absolute Gasteiger partial charge is 0.497 e. The van der Waals surface area contributed by atoms with E-state index in [1.165, 1.54) is 16.7 Å². The molecule has 3 heterocycles. The van der Waals surface area contributed by atoms with Crippen molar-refractivity contribution in [3.8, 4) is 23.3 Å². The van der Waals surface area contributed by atoms with Crippen molar-refractivity contribution in [3.63, 3.8) is 0 Å². The Balaban J connectivity index is 1.50. The molecule has 2 aliphatic heterocycles. The monoisotopic (exact) mass is 588 g/mol. The molecule has 0 bridgehead atoms. The summed E-state index contributed by atoms with van der Waals surface area (Å²) in [7, 11) is 1.61. The van der Waals surface area contributed by atoms with Crippen LogP contribution in [-0.2, 0) is 24.4 Å². The topological polar surface area (TPSA) is 106 Å². The Morgan fingerprint density at radius 3 is 2.59 bits per heavy atom. The van der Waals surface area contributed by atoms with Crippen LogP contribution in [0.4, 0.5) is 5.82 Å². The molecule has 5 rings (SSSR count). The van der Waals surface area contributed by atoms with Crippen molar-refractivity contribution in [2.75, 3.05) is 19.2 Å². The second-order valence-electron chi connectivity index (χ2n) is 9.49. The van der Waals surface area contributed by atoms with E-state index in [4.69, 9.17) is 26.4 Å². The van der Waals surface area contributed by atoms with Crippen LogP contribution in [0.3, 0.4) is 0 Å². The summed E-state index contributed by atoms with van der Waals surface area (Å²) in [4.78, 5) is 28.8. The molecule has 1 amide bonds. The Kier molecular flexibility index (Phi) is 8.33. The number of anilines is 1. The van der Waals surface area contributed by atoms with Crippen molar-refractivity contribution in [1.82, 2.24) is 9.47 Å². The van der Waals surface area contributed by atoms with Gasteiger partial charge < -0.3 is 19.5 Å². The molecule has 9 nitrogen and oxygen atoms in total. The van der Waals surface area contributed by atoms with Crippen LogP contribution < -0.4 is 25.1 Å². The summed E-state index contributed by atoms with van der Waals surface area (Å²) < 4.78 is 18.1. The number of nitriles is 1. The zero-order chi connectivity index (χ0) is 29.1. The first-order chi connectivity index (χ1) is 19.8. The van der Waals surface area contributed by atoms with Gasteiger partial charge in [-0.3, -0.25) is 19.1 Å². The van der Waals surface area contributed by atoms with Crippen LogP contribution >= 0.6 is 24.0 Å². The number of hydrogen-bond acceptors (Lipinski definition) is 9. The SMILES string of the molecule is CCCn1c(NCc2ccc(OC)cc2)c(/C=C2/SC(=S)N(Cc3ccc4c(c3)OCO4)C2=O)c(C)c(C#N)c1=O. The molecule has 2 aromatic carbocycles. The lowest BCUT2D eigenvalue weighted by Crippen LogP contribution is -2.28. The fourth-order valence-electron chi connectivity index (χ4n) is 4.71. The molecular weight excluding hydrogens is 560 g/mol. The van der Waals surface area contributed by atoms with Crippen molar-refractivity contribution in [1.29, 1.82) is 5.26 Å². The quantitative estimate of drug-likeness (QED) is 0.267. The molecule has 1 fully saturated rings. The second-order valence-corrected chi connectivity index (χ2v) is 11.2. The number of thioether (sulfide) groups is 1. The van der Waals surface area contributed by atoms with Gasteiger partial charge in [0.2, 0.25) is 6.79 Å². The van der Waals surface area contributed by atoms with Crippen LogP contribution in [0.5, 0.6) is 17.2 Å². The minimum Gasteiger partial charge on any atom is -0.497 e. The van der Waals surface area contributed by atoms with Crippen LogP contribution in [0, 0.1) is 18.3 Å². The number of benzene rings is 2. The second kappa shape index (κ2) is 12.1. The molecule has 2 aliphatic rings. The highest BCUT2D eigenvalue weighted by Gasteiger charge is 2.33. The van der Waals surface area contributed by atoms with Gasteiger partial charge in [0.05, 0.1) is 18.6 Å². The van der Waals surface area contributed by atoms with Crippen LogP contribution in [0.15, 0.2) is 52.2 Å². The molecule has 210 valence electrons. The summed E-state index contributed by atoms with van der Waals surface area (Å²) in [5.74, 6) is 2.35. The summed E-state index contributed by atoms with van der Waals surface area (Å²) in [6, 6.07) is 15.2. The third kappa shape index (κ3) is 5.66. The molecule has 1 aromatic heterocycles. The molecule has 0 saturated carbocycles. The molecule has 0 unspecified atom stereocenters. The number of amides is 1. The molecule has 0 atom stereocenters. The van der Waals surface area contributed by atoms with E-state index in [-0.39, 0.29) is 30.4 Å². The van der Waals surface area contributed by atoms with Gasteiger partial charge >= 0.3 is 0 Å². The van der Waals surface area contributed by atoms with Gasteiger partial charge in [0.25, 0.3) is 11.5 Å². The van der Waals surface area contributed by atoms with Crippen LogP contribution in [0.25, 0.3) is 6.08 Å². The third-order valence-corrected chi connectivity index (χ3v) is 8.25. The number of fused-ring (bicyclic) bond motifs is 1. The number of pyridine rings is 1. The Hall–Kier alpha value is -4.27. The highest BCUT2D eigenvalue weighted by Crippen LogP contribution is 2.38. The summed E-state index contributed by atoms with van der Waals surface area (Å²) in [5.41, 5.74) is 2.62. The first-order valence-electron chi connectivity index (χ1n) is 13.0. The normalized spacial score (nSPS) is 15.0. The molecular formula is C30H28N4O5S2. The summed E-state index contributed by atoms with van der Waals surface area (Å²) in [5, 5.41) is 13.3. The van der Waals surface area contributed by atoms with E-state index in [2.05, 4.69) is 11.4 Å². The van der Waals surface area contributed by atoms with Crippen molar-refractivity contribution in [3.05, 3.63) is 85.5 Å². The lowest BCUT2D eigenvalue weighted by atomic mass is 10.0. The predicted molar refractivity (Wildman–Crippen MR) is 162 cm³/mol. The van der Waals surface area contributed by atoms with E-state index in [0.717, 1.165) is 16.9 Å². The maximum Gasteiger partial charge on any atom is 0.270 e. The van der Waals surface area contributed by atoms with Crippen molar-refractivity contribution in [2.45, 2.75) is 39.9 Å².